The van der Waals surface area contributed by atoms with Gasteiger partial charge in [0.25, 0.3) is 5.91 Å². The van der Waals surface area contributed by atoms with Crippen molar-refractivity contribution in [3.63, 3.8) is 0 Å². The molecule has 3 N–H and O–H groups in total. The van der Waals surface area contributed by atoms with Crippen LogP contribution in [0.3, 0.4) is 0 Å². The number of aromatic nitrogens is 1. The number of anilines is 1. The number of hydrogen-bond acceptors (Lipinski definition) is 4. The summed E-state index contributed by atoms with van der Waals surface area (Å²) < 4.78 is 0. The maximum absolute atomic E-state index is 11.8. The van der Waals surface area contributed by atoms with Gasteiger partial charge in [0, 0.05) is 52.2 Å². The van der Waals surface area contributed by atoms with Crippen molar-refractivity contribution in [2.24, 2.45) is 4.99 Å². The van der Waals surface area contributed by atoms with E-state index in [0.29, 0.717) is 18.7 Å². The highest BCUT2D eigenvalue weighted by molar-refractivity contribution is 14.0. The second-order valence-electron chi connectivity index (χ2n) is 7.43. The first-order valence-electron chi connectivity index (χ1n) is 10.3. The summed E-state index contributed by atoms with van der Waals surface area (Å²) in [5.41, 5.74) is 3.91. The van der Waals surface area contributed by atoms with Crippen molar-refractivity contribution in [3.8, 4) is 0 Å². The Labute approximate surface area is 206 Å². The third-order valence-corrected chi connectivity index (χ3v) is 5.04. The van der Waals surface area contributed by atoms with Crippen LogP contribution in [0, 0.1) is 0 Å². The molecular formula is C24H31IN6O. The lowest BCUT2D eigenvalue weighted by Crippen LogP contribution is -2.38. The lowest BCUT2D eigenvalue weighted by molar-refractivity contribution is 0.0963. The molecule has 7 nitrogen and oxygen atoms in total. The van der Waals surface area contributed by atoms with Crippen LogP contribution in [0.1, 0.15) is 21.5 Å². The normalized spacial score (nSPS) is 10.9. The maximum Gasteiger partial charge on any atom is 0.251 e. The van der Waals surface area contributed by atoms with Crippen molar-refractivity contribution in [3.05, 3.63) is 71.3 Å². The molecule has 3 rings (SSSR count). The largest absolute Gasteiger partial charge is 0.363 e. The fourth-order valence-corrected chi connectivity index (χ4v) is 3.34. The standard InChI is InChI=1S/C24H30N6O.HI/c1-25-23(31)18-9-7-8-17(14-18)12-13-27-24(26-2)28-16-19-15-22(30(3)4)29-21-11-6-5-10-20(19)21;/h5-11,14-15H,12-13,16H2,1-4H3,(H,25,31)(H2,26,27,28);1H. The van der Waals surface area contributed by atoms with Crippen LogP contribution in [0.5, 0.6) is 0 Å². The number of para-hydroxylation sites is 1. The number of aliphatic imine (C=N–C) groups is 1. The highest BCUT2D eigenvalue weighted by atomic mass is 127. The van der Waals surface area contributed by atoms with Gasteiger partial charge in [-0.15, -0.1) is 24.0 Å². The smallest absolute Gasteiger partial charge is 0.251 e. The second kappa shape index (κ2) is 12.2. The summed E-state index contributed by atoms with van der Waals surface area (Å²) in [7, 11) is 7.39. The Kier molecular flexibility index (Phi) is 9.70. The molecule has 0 aliphatic heterocycles. The molecule has 0 aliphatic rings. The number of carbonyl (C=O) groups is 1. The third kappa shape index (κ3) is 6.56. The molecule has 0 saturated heterocycles. The van der Waals surface area contributed by atoms with Crippen LogP contribution in [0.4, 0.5) is 5.82 Å². The van der Waals surface area contributed by atoms with E-state index in [1.165, 1.54) is 0 Å². The monoisotopic (exact) mass is 546 g/mol. The zero-order valence-electron chi connectivity index (χ0n) is 19.0. The minimum Gasteiger partial charge on any atom is -0.363 e. The van der Waals surface area contributed by atoms with E-state index < -0.39 is 0 Å². The quantitative estimate of drug-likeness (QED) is 0.241. The molecule has 2 aromatic carbocycles. The number of guanidine groups is 1. The molecule has 0 unspecified atom stereocenters. The molecule has 0 atom stereocenters. The summed E-state index contributed by atoms with van der Waals surface area (Å²) in [5, 5.41) is 10.5. The number of amides is 1. The zero-order valence-corrected chi connectivity index (χ0v) is 21.3. The zero-order chi connectivity index (χ0) is 22.2. The molecule has 0 fully saturated rings. The van der Waals surface area contributed by atoms with E-state index in [4.69, 9.17) is 4.98 Å². The Morgan fingerprint density at radius 2 is 1.84 bits per heavy atom. The van der Waals surface area contributed by atoms with Crippen molar-refractivity contribution in [1.29, 1.82) is 0 Å². The molecule has 3 aromatic rings. The first-order valence-corrected chi connectivity index (χ1v) is 10.3. The molecule has 170 valence electrons. The number of carbonyl (C=O) groups excluding carboxylic acids is 1. The van der Waals surface area contributed by atoms with Gasteiger partial charge in [0.1, 0.15) is 5.82 Å². The fourth-order valence-electron chi connectivity index (χ4n) is 3.34. The molecule has 0 bridgehead atoms. The van der Waals surface area contributed by atoms with Gasteiger partial charge >= 0.3 is 0 Å². The second-order valence-corrected chi connectivity index (χ2v) is 7.43. The molecule has 1 amide bonds. The molecule has 1 aromatic heterocycles. The first-order chi connectivity index (χ1) is 15.0. The average molecular weight is 546 g/mol. The van der Waals surface area contributed by atoms with Crippen molar-refractivity contribution >= 4 is 52.6 Å². The van der Waals surface area contributed by atoms with Gasteiger partial charge in [0.05, 0.1) is 5.52 Å². The number of rotatable bonds is 7. The Hall–Kier alpha value is -2.88. The summed E-state index contributed by atoms with van der Waals surface area (Å²) in [4.78, 5) is 22.9. The van der Waals surface area contributed by atoms with E-state index >= 15 is 0 Å². The van der Waals surface area contributed by atoms with E-state index in [1.54, 1.807) is 14.1 Å². The van der Waals surface area contributed by atoms with Gasteiger partial charge < -0.3 is 20.9 Å². The first kappa shape index (κ1) is 25.4. The van der Waals surface area contributed by atoms with Crippen LogP contribution in [0.15, 0.2) is 59.6 Å². The van der Waals surface area contributed by atoms with Gasteiger partial charge in [-0.3, -0.25) is 9.79 Å². The number of pyridine rings is 1. The van der Waals surface area contributed by atoms with Gasteiger partial charge in [0.2, 0.25) is 0 Å². The topological polar surface area (TPSA) is 81.6 Å². The van der Waals surface area contributed by atoms with E-state index in [1.807, 2.05) is 61.5 Å². The minimum atomic E-state index is -0.0750. The molecule has 0 spiro atoms. The summed E-state index contributed by atoms with van der Waals surface area (Å²) in [6.07, 6.45) is 0.786. The van der Waals surface area contributed by atoms with Crippen LogP contribution in [0.25, 0.3) is 10.9 Å². The van der Waals surface area contributed by atoms with Crippen LogP contribution < -0.4 is 20.9 Å². The fraction of sp³-hybridized carbons (Fsp3) is 0.292. The lowest BCUT2D eigenvalue weighted by Gasteiger charge is -2.17. The van der Waals surface area contributed by atoms with E-state index in [9.17, 15) is 4.79 Å². The maximum atomic E-state index is 11.8. The predicted molar refractivity (Wildman–Crippen MR) is 143 cm³/mol. The number of halogens is 1. The molecular weight excluding hydrogens is 515 g/mol. The molecule has 0 radical (unpaired) electrons. The summed E-state index contributed by atoms with van der Waals surface area (Å²) in [6.45, 7) is 1.34. The molecule has 1 heterocycles. The van der Waals surface area contributed by atoms with Gasteiger partial charge in [-0.25, -0.2) is 4.98 Å². The van der Waals surface area contributed by atoms with E-state index in [-0.39, 0.29) is 29.9 Å². The average Bonchev–Trinajstić information content (AvgIpc) is 2.80. The summed E-state index contributed by atoms with van der Waals surface area (Å²) in [5.74, 6) is 1.58. The van der Waals surface area contributed by atoms with Crippen molar-refractivity contribution < 1.29 is 4.79 Å². The number of benzene rings is 2. The van der Waals surface area contributed by atoms with Gasteiger partial charge in [-0.05, 0) is 41.8 Å². The highest BCUT2D eigenvalue weighted by Crippen LogP contribution is 2.22. The van der Waals surface area contributed by atoms with Crippen molar-refractivity contribution in [2.75, 3.05) is 39.6 Å². The summed E-state index contributed by atoms with van der Waals surface area (Å²) >= 11 is 0. The Balaban J connectivity index is 0.00000363. The predicted octanol–water partition coefficient (Wildman–Crippen LogP) is 3.19. The minimum absolute atomic E-state index is 0. The third-order valence-electron chi connectivity index (χ3n) is 5.04. The lowest BCUT2D eigenvalue weighted by atomic mass is 10.1. The van der Waals surface area contributed by atoms with Crippen LogP contribution in [-0.2, 0) is 13.0 Å². The molecule has 32 heavy (non-hydrogen) atoms. The van der Waals surface area contributed by atoms with Crippen LogP contribution >= 0.6 is 24.0 Å². The van der Waals surface area contributed by atoms with E-state index in [2.05, 4.69) is 33.1 Å². The summed E-state index contributed by atoms with van der Waals surface area (Å²) in [6, 6.07) is 17.9. The number of nitrogens with one attached hydrogen (secondary N) is 3. The van der Waals surface area contributed by atoms with Gasteiger partial charge in [0.15, 0.2) is 5.96 Å². The van der Waals surface area contributed by atoms with Crippen molar-refractivity contribution in [2.45, 2.75) is 13.0 Å². The molecule has 8 heteroatoms. The van der Waals surface area contributed by atoms with Crippen molar-refractivity contribution in [1.82, 2.24) is 20.9 Å². The van der Waals surface area contributed by atoms with Crippen LogP contribution in [-0.4, -0.2) is 51.6 Å². The Morgan fingerprint density at radius 3 is 2.56 bits per heavy atom. The number of fused-ring (bicyclic) bond motifs is 1. The Morgan fingerprint density at radius 1 is 1.06 bits per heavy atom. The number of hydrogen-bond donors (Lipinski definition) is 3. The molecule has 0 saturated carbocycles. The van der Waals surface area contributed by atoms with Crippen LogP contribution in [0.2, 0.25) is 0 Å². The SMILES string of the molecule is CN=C(NCCc1cccc(C(=O)NC)c1)NCc1cc(N(C)C)nc2ccccc12.I. The van der Waals surface area contributed by atoms with Gasteiger partial charge in [-0.2, -0.15) is 0 Å². The van der Waals surface area contributed by atoms with Gasteiger partial charge in [-0.1, -0.05) is 30.3 Å². The molecule has 0 aliphatic carbocycles. The Bertz CT molecular complexity index is 1080. The number of nitrogens with zero attached hydrogens (tertiary/aromatic N) is 3. The van der Waals surface area contributed by atoms with E-state index in [0.717, 1.165) is 40.2 Å². The highest BCUT2D eigenvalue weighted by Gasteiger charge is 2.08.